The molecule has 216 valence electrons. The van der Waals surface area contributed by atoms with Crippen LogP contribution >= 0.6 is 0 Å². The summed E-state index contributed by atoms with van der Waals surface area (Å²) < 4.78 is 0. The van der Waals surface area contributed by atoms with Gasteiger partial charge in [0.25, 0.3) is 0 Å². The largest absolute Gasteiger partial charge is 0.264 e. The first-order chi connectivity index (χ1) is 22.8. The van der Waals surface area contributed by atoms with Gasteiger partial charge in [-0.15, -0.1) is 0 Å². The van der Waals surface area contributed by atoms with E-state index >= 15 is 0 Å². The lowest BCUT2D eigenvalue weighted by Crippen LogP contribution is -1.96. The summed E-state index contributed by atoms with van der Waals surface area (Å²) in [6, 6.07) is 57.2. The minimum Gasteiger partial charge on any atom is -0.264 e. The van der Waals surface area contributed by atoms with Crippen LogP contribution in [0, 0.1) is 0 Å². The Bertz CT molecular complexity index is 2270. The summed E-state index contributed by atoms with van der Waals surface area (Å²) in [4.78, 5) is 14.5. The van der Waals surface area contributed by atoms with Crippen molar-refractivity contribution in [3.8, 4) is 67.3 Å². The van der Waals surface area contributed by atoms with Gasteiger partial charge in [-0.3, -0.25) is 4.98 Å². The molecule has 8 rings (SSSR count). The molecule has 0 saturated heterocycles. The number of pyridine rings is 1. The Hall–Kier alpha value is -6.19. The predicted molar refractivity (Wildman–Crippen MR) is 190 cm³/mol. The van der Waals surface area contributed by atoms with Crippen molar-refractivity contribution in [3.63, 3.8) is 0 Å². The van der Waals surface area contributed by atoms with Crippen molar-refractivity contribution in [2.45, 2.75) is 0 Å². The quantitative estimate of drug-likeness (QED) is 0.194. The Kier molecular flexibility index (Phi) is 7.18. The summed E-state index contributed by atoms with van der Waals surface area (Å²) in [5.74, 6) is 0.702. The first-order valence-electron chi connectivity index (χ1n) is 15.4. The van der Waals surface area contributed by atoms with Gasteiger partial charge in [0.05, 0.1) is 11.4 Å². The molecule has 0 N–H and O–H groups in total. The highest BCUT2D eigenvalue weighted by atomic mass is 14.9. The highest BCUT2D eigenvalue weighted by Crippen LogP contribution is 2.33. The van der Waals surface area contributed by atoms with Crippen molar-refractivity contribution in [2.24, 2.45) is 0 Å². The van der Waals surface area contributed by atoms with Crippen LogP contribution < -0.4 is 0 Å². The zero-order valence-electron chi connectivity index (χ0n) is 25.1. The Morgan fingerprint density at radius 2 is 0.891 bits per heavy atom. The van der Waals surface area contributed by atoms with E-state index in [1.807, 2.05) is 30.5 Å². The molecule has 0 radical (unpaired) electrons. The molecule has 0 bridgehead atoms. The molecule has 0 spiro atoms. The summed E-state index contributed by atoms with van der Waals surface area (Å²) >= 11 is 0. The number of fused-ring (bicyclic) bond motifs is 1. The van der Waals surface area contributed by atoms with Gasteiger partial charge < -0.3 is 0 Å². The number of rotatable bonds is 6. The third-order valence-electron chi connectivity index (χ3n) is 8.41. The number of benzene rings is 6. The lowest BCUT2D eigenvalue weighted by atomic mass is 9.96. The Labute approximate surface area is 268 Å². The highest BCUT2D eigenvalue weighted by molar-refractivity contribution is 5.97. The van der Waals surface area contributed by atoms with Crippen LogP contribution in [0.1, 0.15) is 0 Å². The molecule has 0 aliphatic rings. The summed E-state index contributed by atoms with van der Waals surface area (Å²) in [7, 11) is 0. The second kappa shape index (κ2) is 12.1. The van der Waals surface area contributed by atoms with E-state index in [9.17, 15) is 0 Å². The van der Waals surface area contributed by atoms with Crippen LogP contribution in [0.3, 0.4) is 0 Å². The molecule has 3 heteroatoms. The number of hydrogen-bond donors (Lipinski definition) is 0. The van der Waals surface area contributed by atoms with E-state index in [4.69, 9.17) is 9.97 Å². The minimum absolute atomic E-state index is 0.702. The summed E-state index contributed by atoms with van der Waals surface area (Å²) in [6.07, 6.45) is 3.69. The van der Waals surface area contributed by atoms with Crippen molar-refractivity contribution < 1.29 is 0 Å². The predicted octanol–water partition coefficient (Wildman–Crippen LogP) is 11.0. The van der Waals surface area contributed by atoms with Gasteiger partial charge in [0.15, 0.2) is 5.82 Å². The van der Waals surface area contributed by atoms with E-state index < -0.39 is 0 Å². The molecular formula is C43H29N3. The fourth-order valence-electron chi connectivity index (χ4n) is 6.01. The topological polar surface area (TPSA) is 38.7 Å². The lowest BCUT2D eigenvalue weighted by Gasteiger charge is -2.12. The third kappa shape index (κ3) is 5.47. The van der Waals surface area contributed by atoms with E-state index in [0.29, 0.717) is 5.82 Å². The Balaban J connectivity index is 1.17. The van der Waals surface area contributed by atoms with Crippen LogP contribution in [0.4, 0.5) is 0 Å². The smallest absolute Gasteiger partial charge is 0.160 e. The molecule has 8 aromatic rings. The second-order valence-corrected chi connectivity index (χ2v) is 11.3. The molecular weight excluding hydrogens is 558 g/mol. The van der Waals surface area contributed by atoms with E-state index in [1.54, 1.807) is 6.20 Å². The molecule has 2 heterocycles. The van der Waals surface area contributed by atoms with Crippen LogP contribution in [-0.4, -0.2) is 15.0 Å². The average Bonchev–Trinajstić information content (AvgIpc) is 3.15. The third-order valence-corrected chi connectivity index (χ3v) is 8.41. The van der Waals surface area contributed by atoms with Crippen molar-refractivity contribution in [2.75, 3.05) is 0 Å². The molecule has 0 unspecified atom stereocenters. The van der Waals surface area contributed by atoms with Gasteiger partial charge in [0, 0.05) is 29.1 Å². The summed E-state index contributed by atoms with van der Waals surface area (Å²) in [5, 5.41) is 2.46. The van der Waals surface area contributed by atoms with Crippen LogP contribution in [0.2, 0.25) is 0 Å². The van der Waals surface area contributed by atoms with Crippen LogP contribution in [0.15, 0.2) is 176 Å². The number of nitrogens with zero attached hydrogens (tertiary/aromatic N) is 3. The van der Waals surface area contributed by atoms with Crippen molar-refractivity contribution >= 4 is 10.8 Å². The standard InChI is InChI=1S/C43H29N3/c1-2-10-34(11-3-1)41-28-42(35-24-22-31(23-25-35)30-18-20-32(21-19-30)38-15-8-26-44-29-38)46-43(45-41)37-14-6-13-36(27-37)40-17-7-12-33-9-4-5-16-39(33)40/h1-29H. The zero-order chi connectivity index (χ0) is 30.7. The molecule has 0 fully saturated rings. The molecule has 0 atom stereocenters. The van der Waals surface area contributed by atoms with Gasteiger partial charge in [-0.2, -0.15) is 0 Å². The Morgan fingerprint density at radius 1 is 0.348 bits per heavy atom. The van der Waals surface area contributed by atoms with E-state index in [-0.39, 0.29) is 0 Å². The maximum absolute atomic E-state index is 5.13. The van der Waals surface area contributed by atoms with Gasteiger partial charge in [-0.25, -0.2) is 9.97 Å². The summed E-state index contributed by atoms with van der Waals surface area (Å²) in [6.45, 7) is 0. The molecule has 6 aromatic carbocycles. The first kappa shape index (κ1) is 27.4. The fraction of sp³-hybridized carbons (Fsp3) is 0. The fourth-order valence-corrected chi connectivity index (χ4v) is 6.01. The normalized spacial score (nSPS) is 11.0. The molecule has 0 aliphatic heterocycles. The van der Waals surface area contributed by atoms with Gasteiger partial charge in [0.2, 0.25) is 0 Å². The van der Waals surface area contributed by atoms with E-state index in [1.165, 1.54) is 16.3 Å². The molecule has 2 aromatic heterocycles. The Morgan fingerprint density at radius 3 is 1.61 bits per heavy atom. The SMILES string of the molecule is c1ccc(-c2cc(-c3ccc(-c4ccc(-c5cccnc5)cc4)cc3)nc(-c3cccc(-c4cccc5ccccc45)c3)n2)cc1. The number of aromatic nitrogens is 3. The van der Waals surface area contributed by atoms with Crippen molar-refractivity contribution in [1.82, 2.24) is 15.0 Å². The highest BCUT2D eigenvalue weighted by Gasteiger charge is 2.13. The van der Waals surface area contributed by atoms with Gasteiger partial charge in [0.1, 0.15) is 0 Å². The molecule has 0 aliphatic carbocycles. The van der Waals surface area contributed by atoms with E-state index in [2.05, 4.69) is 145 Å². The number of hydrogen-bond acceptors (Lipinski definition) is 3. The van der Waals surface area contributed by atoms with Gasteiger partial charge in [-0.05, 0) is 62.4 Å². The average molecular weight is 588 g/mol. The molecule has 0 amide bonds. The maximum atomic E-state index is 5.13. The van der Waals surface area contributed by atoms with Gasteiger partial charge >= 0.3 is 0 Å². The zero-order valence-corrected chi connectivity index (χ0v) is 25.1. The maximum Gasteiger partial charge on any atom is 0.160 e. The first-order valence-corrected chi connectivity index (χ1v) is 15.4. The minimum atomic E-state index is 0.702. The van der Waals surface area contributed by atoms with Crippen LogP contribution in [0.25, 0.3) is 78.1 Å². The molecule has 46 heavy (non-hydrogen) atoms. The van der Waals surface area contributed by atoms with Crippen LogP contribution in [-0.2, 0) is 0 Å². The van der Waals surface area contributed by atoms with E-state index in [0.717, 1.165) is 55.9 Å². The summed E-state index contributed by atoms with van der Waals surface area (Å²) in [5.41, 5.74) is 11.8. The lowest BCUT2D eigenvalue weighted by molar-refractivity contribution is 1.18. The monoisotopic (exact) mass is 587 g/mol. The van der Waals surface area contributed by atoms with Crippen LogP contribution in [0.5, 0.6) is 0 Å². The molecule has 3 nitrogen and oxygen atoms in total. The van der Waals surface area contributed by atoms with Crippen molar-refractivity contribution in [3.05, 3.63) is 176 Å². The van der Waals surface area contributed by atoms with Gasteiger partial charge in [-0.1, -0.05) is 146 Å². The van der Waals surface area contributed by atoms with Crippen molar-refractivity contribution in [1.29, 1.82) is 0 Å². The molecule has 0 saturated carbocycles. The second-order valence-electron chi connectivity index (χ2n) is 11.3.